The van der Waals surface area contributed by atoms with E-state index in [1.165, 1.54) is 5.57 Å². The van der Waals surface area contributed by atoms with E-state index in [0.29, 0.717) is 5.41 Å². The van der Waals surface area contributed by atoms with Gasteiger partial charge in [-0.25, -0.2) is 0 Å². The first kappa shape index (κ1) is 8.25. The van der Waals surface area contributed by atoms with E-state index in [-0.39, 0.29) is 0 Å². The minimum atomic E-state index is 0.405. The van der Waals surface area contributed by atoms with Gasteiger partial charge in [-0.2, -0.15) is 0 Å². The van der Waals surface area contributed by atoms with Gasteiger partial charge in [-0.1, -0.05) is 31.6 Å². The summed E-state index contributed by atoms with van der Waals surface area (Å²) >= 11 is 0. The topological polar surface area (TPSA) is 17.1 Å². The summed E-state index contributed by atoms with van der Waals surface area (Å²) in [4.78, 5) is 10.0. The lowest BCUT2D eigenvalue weighted by molar-refractivity contribution is -0.104. The lowest BCUT2D eigenvalue weighted by Crippen LogP contribution is -2.04. The Balaban J connectivity index is 2.53. The standard InChI is InChI=1S/C10H14O/c1-10(2)6-5-9(8-10)4-3-7-11/h3-5,7H,6,8H2,1-2H3. The SMILES string of the molecule is CC1(C)CC=C(C=CC=O)C1. The van der Waals surface area contributed by atoms with Crippen LogP contribution in [-0.2, 0) is 4.79 Å². The Morgan fingerprint density at radius 3 is 2.73 bits per heavy atom. The molecule has 1 aliphatic carbocycles. The summed E-state index contributed by atoms with van der Waals surface area (Å²) in [7, 11) is 0. The number of aldehydes is 1. The lowest BCUT2D eigenvalue weighted by atomic mass is 9.90. The highest BCUT2D eigenvalue weighted by atomic mass is 16.1. The van der Waals surface area contributed by atoms with Gasteiger partial charge in [-0.3, -0.25) is 4.79 Å². The van der Waals surface area contributed by atoms with Gasteiger partial charge in [0.1, 0.15) is 6.29 Å². The van der Waals surface area contributed by atoms with Crippen LogP contribution in [0.3, 0.4) is 0 Å². The Morgan fingerprint density at radius 1 is 1.55 bits per heavy atom. The van der Waals surface area contributed by atoms with Crippen molar-refractivity contribution in [3.05, 3.63) is 23.8 Å². The third-order valence-electron chi connectivity index (χ3n) is 1.99. The molecule has 0 saturated heterocycles. The normalized spacial score (nSPS) is 22.2. The van der Waals surface area contributed by atoms with E-state index < -0.39 is 0 Å². The summed E-state index contributed by atoms with van der Waals surface area (Å²) < 4.78 is 0. The van der Waals surface area contributed by atoms with Gasteiger partial charge in [0.15, 0.2) is 0 Å². The second-order valence-corrected chi connectivity index (χ2v) is 3.82. The van der Waals surface area contributed by atoms with Gasteiger partial charge in [0.2, 0.25) is 0 Å². The maximum absolute atomic E-state index is 10.0. The Kier molecular flexibility index (Phi) is 2.28. The number of carbonyl (C=O) groups is 1. The number of allylic oxidation sites excluding steroid dienone is 4. The molecule has 0 bridgehead atoms. The first-order valence-corrected chi connectivity index (χ1v) is 3.95. The van der Waals surface area contributed by atoms with Gasteiger partial charge >= 0.3 is 0 Å². The van der Waals surface area contributed by atoms with Crippen molar-refractivity contribution >= 4 is 6.29 Å². The Hall–Kier alpha value is -0.850. The summed E-state index contributed by atoms with van der Waals surface area (Å²) in [5.74, 6) is 0. The molecule has 0 heterocycles. The van der Waals surface area contributed by atoms with E-state index in [1.807, 2.05) is 6.08 Å². The van der Waals surface area contributed by atoms with E-state index in [0.717, 1.165) is 19.1 Å². The Morgan fingerprint density at radius 2 is 2.27 bits per heavy atom. The van der Waals surface area contributed by atoms with E-state index in [4.69, 9.17) is 0 Å². The van der Waals surface area contributed by atoms with Gasteiger partial charge in [-0.15, -0.1) is 0 Å². The minimum Gasteiger partial charge on any atom is -0.299 e. The fourth-order valence-electron chi connectivity index (χ4n) is 1.39. The van der Waals surface area contributed by atoms with E-state index >= 15 is 0 Å². The third-order valence-corrected chi connectivity index (χ3v) is 1.99. The molecule has 0 N–H and O–H groups in total. The van der Waals surface area contributed by atoms with Crippen molar-refractivity contribution in [2.24, 2.45) is 5.41 Å². The van der Waals surface area contributed by atoms with Crippen LogP contribution in [0.4, 0.5) is 0 Å². The second-order valence-electron chi connectivity index (χ2n) is 3.82. The molecule has 1 heteroatoms. The molecule has 1 rings (SSSR count). The number of hydrogen-bond donors (Lipinski definition) is 0. The molecule has 0 aromatic heterocycles. The molecule has 0 amide bonds. The summed E-state index contributed by atoms with van der Waals surface area (Å²) in [5, 5.41) is 0. The van der Waals surface area contributed by atoms with E-state index in [1.54, 1.807) is 6.08 Å². The lowest BCUT2D eigenvalue weighted by Gasteiger charge is -2.15. The van der Waals surface area contributed by atoms with Crippen LogP contribution in [0.5, 0.6) is 0 Å². The second kappa shape index (κ2) is 3.04. The smallest absolute Gasteiger partial charge is 0.142 e. The van der Waals surface area contributed by atoms with E-state index in [2.05, 4.69) is 19.9 Å². The molecule has 0 aliphatic heterocycles. The van der Waals surface area contributed by atoms with Gasteiger partial charge in [0.05, 0.1) is 0 Å². The molecule has 0 fully saturated rings. The molecule has 0 atom stereocenters. The molecule has 0 aromatic carbocycles. The first-order valence-electron chi connectivity index (χ1n) is 3.95. The van der Waals surface area contributed by atoms with Crippen LogP contribution < -0.4 is 0 Å². The monoisotopic (exact) mass is 150 g/mol. The molecular formula is C10H14O. The molecule has 0 saturated carbocycles. The highest BCUT2D eigenvalue weighted by molar-refractivity contribution is 5.65. The average molecular weight is 150 g/mol. The van der Waals surface area contributed by atoms with Gasteiger partial charge in [0, 0.05) is 0 Å². The third kappa shape index (κ3) is 2.34. The molecule has 1 aliphatic rings. The highest BCUT2D eigenvalue weighted by Gasteiger charge is 2.22. The number of carbonyl (C=O) groups excluding carboxylic acids is 1. The fraction of sp³-hybridized carbons (Fsp3) is 0.500. The van der Waals surface area contributed by atoms with Crippen LogP contribution >= 0.6 is 0 Å². The average Bonchev–Trinajstić information content (AvgIpc) is 2.26. The van der Waals surface area contributed by atoms with Crippen LogP contribution in [-0.4, -0.2) is 6.29 Å². The van der Waals surface area contributed by atoms with Crippen molar-refractivity contribution in [2.75, 3.05) is 0 Å². The molecular weight excluding hydrogens is 136 g/mol. The zero-order chi connectivity index (χ0) is 8.32. The molecule has 0 spiro atoms. The summed E-state index contributed by atoms with van der Waals surface area (Å²) in [6.45, 7) is 4.48. The Labute approximate surface area is 67.8 Å². The van der Waals surface area contributed by atoms with Crippen LogP contribution in [0.1, 0.15) is 26.7 Å². The maximum Gasteiger partial charge on any atom is 0.142 e. The highest BCUT2D eigenvalue weighted by Crippen LogP contribution is 2.36. The van der Waals surface area contributed by atoms with Crippen LogP contribution in [0.15, 0.2) is 23.8 Å². The zero-order valence-corrected chi connectivity index (χ0v) is 7.13. The van der Waals surface area contributed by atoms with Crippen molar-refractivity contribution in [2.45, 2.75) is 26.7 Å². The van der Waals surface area contributed by atoms with Crippen LogP contribution in [0.25, 0.3) is 0 Å². The van der Waals surface area contributed by atoms with Crippen LogP contribution in [0.2, 0.25) is 0 Å². The van der Waals surface area contributed by atoms with Gasteiger partial charge in [0.25, 0.3) is 0 Å². The number of hydrogen-bond acceptors (Lipinski definition) is 1. The van der Waals surface area contributed by atoms with E-state index in [9.17, 15) is 4.79 Å². The fourth-order valence-corrected chi connectivity index (χ4v) is 1.39. The molecule has 0 radical (unpaired) electrons. The zero-order valence-electron chi connectivity index (χ0n) is 7.13. The van der Waals surface area contributed by atoms with Crippen LogP contribution in [0, 0.1) is 5.41 Å². The predicted octanol–water partition coefficient (Wildman–Crippen LogP) is 2.49. The minimum absolute atomic E-state index is 0.405. The maximum atomic E-state index is 10.0. The molecule has 60 valence electrons. The van der Waals surface area contributed by atoms with Crippen molar-refractivity contribution in [1.82, 2.24) is 0 Å². The molecule has 0 aromatic rings. The molecule has 11 heavy (non-hydrogen) atoms. The van der Waals surface area contributed by atoms with Gasteiger partial charge < -0.3 is 0 Å². The van der Waals surface area contributed by atoms with Crippen molar-refractivity contribution in [1.29, 1.82) is 0 Å². The largest absolute Gasteiger partial charge is 0.299 e. The number of rotatable bonds is 2. The summed E-state index contributed by atoms with van der Waals surface area (Å²) in [5.41, 5.74) is 1.70. The predicted molar refractivity (Wildman–Crippen MR) is 46.3 cm³/mol. The van der Waals surface area contributed by atoms with Gasteiger partial charge in [-0.05, 0) is 24.3 Å². The van der Waals surface area contributed by atoms with Crippen molar-refractivity contribution < 1.29 is 4.79 Å². The quantitative estimate of drug-likeness (QED) is 0.436. The van der Waals surface area contributed by atoms with Crippen molar-refractivity contribution in [3.63, 3.8) is 0 Å². The summed E-state index contributed by atoms with van der Waals surface area (Å²) in [6.07, 6.45) is 8.73. The Bertz CT molecular complexity index is 209. The first-order chi connectivity index (χ1) is 5.14. The summed E-state index contributed by atoms with van der Waals surface area (Å²) in [6, 6.07) is 0. The molecule has 1 nitrogen and oxygen atoms in total. The van der Waals surface area contributed by atoms with Crippen molar-refractivity contribution in [3.8, 4) is 0 Å². The molecule has 0 unspecified atom stereocenters.